The zero-order chi connectivity index (χ0) is 22.0. The lowest BCUT2D eigenvalue weighted by molar-refractivity contribution is -0.0874. The predicted molar refractivity (Wildman–Crippen MR) is 122 cm³/mol. The normalized spacial score (nSPS) is 21.9. The van der Waals surface area contributed by atoms with E-state index in [1.54, 1.807) is 12.3 Å². The third kappa shape index (κ3) is 3.44. The second kappa shape index (κ2) is 7.35. The van der Waals surface area contributed by atoms with Gasteiger partial charge < -0.3 is 10.3 Å². The van der Waals surface area contributed by atoms with Crippen LogP contribution in [0.15, 0.2) is 41.4 Å². The van der Waals surface area contributed by atoms with Crippen LogP contribution in [0.4, 0.5) is 14.5 Å². The summed E-state index contributed by atoms with van der Waals surface area (Å²) in [4.78, 5) is 5.07. The first-order valence-electron chi connectivity index (χ1n) is 11.4. The Kier molecular flexibility index (Phi) is 4.66. The molecular weight excluding hydrogens is 430 g/mol. The molecule has 1 unspecified atom stereocenters. The number of aromatic nitrogens is 2. The molecule has 1 atom stereocenters. The number of rotatable bonds is 6. The zero-order valence-electron chi connectivity index (χ0n) is 17.7. The fourth-order valence-electron chi connectivity index (χ4n) is 4.90. The molecule has 0 amide bonds. The van der Waals surface area contributed by atoms with Gasteiger partial charge in [-0.1, -0.05) is 12.1 Å². The van der Waals surface area contributed by atoms with E-state index in [1.165, 1.54) is 30.3 Å². The van der Waals surface area contributed by atoms with Gasteiger partial charge in [-0.3, -0.25) is 4.98 Å². The molecule has 8 heteroatoms. The summed E-state index contributed by atoms with van der Waals surface area (Å²) in [5.41, 5.74) is 11.6. The number of halogens is 2. The molecule has 6 rings (SSSR count). The molecule has 0 aliphatic heterocycles. The molecule has 32 heavy (non-hydrogen) atoms. The predicted octanol–water partition coefficient (Wildman–Crippen LogP) is 5.30. The van der Waals surface area contributed by atoms with Crippen LogP contribution in [0.5, 0.6) is 0 Å². The first-order chi connectivity index (χ1) is 15.4. The van der Waals surface area contributed by atoms with Crippen molar-refractivity contribution in [1.29, 1.82) is 0 Å². The van der Waals surface area contributed by atoms with E-state index in [9.17, 15) is 13.0 Å². The highest BCUT2D eigenvalue weighted by atomic mass is 32.2. The Morgan fingerprint density at radius 2 is 1.91 bits per heavy atom. The number of hydrogen-bond acceptors (Lipinski definition) is 3. The molecule has 0 saturated heterocycles. The molecular formula is C24H26F2N4OS. The number of nitrogens with zero attached hydrogens (tertiary/aromatic N) is 2. The maximum atomic E-state index is 13.1. The number of benzene rings is 1. The van der Waals surface area contributed by atoms with E-state index < -0.39 is 22.9 Å². The van der Waals surface area contributed by atoms with Crippen molar-refractivity contribution in [2.45, 2.75) is 73.8 Å². The van der Waals surface area contributed by atoms with Gasteiger partial charge in [0.25, 0.3) is 5.92 Å². The summed E-state index contributed by atoms with van der Waals surface area (Å²) in [5, 5.41) is 1.05. The minimum absolute atomic E-state index is 0.273. The van der Waals surface area contributed by atoms with Crippen molar-refractivity contribution in [2.24, 2.45) is 0 Å². The Labute approximate surface area is 188 Å². The van der Waals surface area contributed by atoms with Gasteiger partial charge >= 0.3 is 0 Å². The van der Waals surface area contributed by atoms with Crippen LogP contribution < -0.4 is 10.5 Å². The van der Waals surface area contributed by atoms with Crippen molar-refractivity contribution >= 4 is 27.6 Å². The highest BCUT2D eigenvalue weighted by Crippen LogP contribution is 2.46. The summed E-state index contributed by atoms with van der Waals surface area (Å²) in [7, 11) is -1.57. The molecule has 2 heterocycles. The number of fused-ring (bicyclic) bond motifs is 1. The van der Waals surface area contributed by atoms with Crippen LogP contribution in [0.2, 0.25) is 0 Å². The summed E-state index contributed by atoms with van der Waals surface area (Å²) in [6.45, 7) is 0. The van der Waals surface area contributed by atoms with Crippen LogP contribution >= 0.6 is 0 Å². The average molecular weight is 457 g/mol. The van der Waals surface area contributed by atoms with Crippen molar-refractivity contribution in [3.8, 4) is 11.4 Å². The van der Waals surface area contributed by atoms with Crippen LogP contribution in [0.1, 0.15) is 62.5 Å². The molecule has 168 valence electrons. The third-order valence-corrected chi connectivity index (χ3v) is 8.33. The standard InChI is InChI=1S/C24H26F2N4OS/c25-24(26)11-16(12-24)29-32(31)18-7-9-20(28-13-18)23-22(27)19-8-6-15(14-4-5-14)10-21(19)30(23)17-2-1-3-17/h6-10,13-14,16-17,29H,1-5,11-12,27H2. The van der Waals surface area contributed by atoms with Crippen molar-refractivity contribution < 1.29 is 13.0 Å². The van der Waals surface area contributed by atoms with Crippen molar-refractivity contribution in [3.63, 3.8) is 0 Å². The average Bonchev–Trinajstić information content (AvgIpc) is 3.52. The van der Waals surface area contributed by atoms with E-state index in [-0.39, 0.29) is 12.8 Å². The Morgan fingerprint density at radius 3 is 2.50 bits per heavy atom. The third-order valence-electron chi connectivity index (χ3n) is 7.11. The Hall–Kier alpha value is -2.32. The number of nitrogens with one attached hydrogen (secondary N) is 1. The molecule has 3 aliphatic rings. The lowest BCUT2D eigenvalue weighted by Gasteiger charge is -2.34. The van der Waals surface area contributed by atoms with E-state index in [0.29, 0.717) is 16.9 Å². The van der Waals surface area contributed by atoms with E-state index in [0.717, 1.165) is 35.3 Å². The monoisotopic (exact) mass is 456 g/mol. The van der Waals surface area contributed by atoms with E-state index in [1.807, 2.05) is 6.07 Å². The molecule has 0 radical (unpaired) electrons. The quantitative estimate of drug-likeness (QED) is 0.529. The number of nitrogen functional groups attached to an aromatic ring is 1. The minimum Gasteiger partial charge on any atom is -0.396 e. The Bertz CT molecular complexity index is 1210. The molecule has 3 aliphatic carbocycles. The lowest BCUT2D eigenvalue weighted by Crippen LogP contribution is -2.48. The van der Waals surface area contributed by atoms with Gasteiger partial charge in [0.1, 0.15) is 11.0 Å². The van der Waals surface area contributed by atoms with Gasteiger partial charge in [-0.2, -0.15) is 0 Å². The van der Waals surface area contributed by atoms with Gasteiger partial charge in [-0.25, -0.2) is 17.7 Å². The molecule has 5 nitrogen and oxygen atoms in total. The van der Waals surface area contributed by atoms with Gasteiger partial charge in [0.15, 0.2) is 0 Å². The summed E-state index contributed by atoms with van der Waals surface area (Å²) >= 11 is 0. The number of anilines is 1. The van der Waals surface area contributed by atoms with Crippen LogP contribution in [0, 0.1) is 0 Å². The number of nitrogens with two attached hydrogens (primary N) is 1. The number of pyridine rings is 1. The molecule has 0 bridgehead atoms. The largest absolute Gasteiger partial charge is 0.396 e. The second-order valence-corrected chi connectivity index (χ2v) is 10.7. The van der Waals surface area contributed by atoms with Gasteiger partial charge in [-0.15, -0.1) is 0 Å². The molecule has 2 aromatic heterocycles. The van der Waals surface area contributed by atoms with Crippen LogP contribution in [0.25, 0.3) is 22.3 Å². The van der Waals surface area contributed by atoms with Gasteiger partial charge in [0.05, 0.1) is 27.5 Å². The maximum Gasteiger partial charge on any atom is 0.251 e. The maximum absolute atomic E-state index is 13.1. The first-order valence-corrected chi connectivity index (χ1v) is 12.5. The summed E-state index contributed by atoms with van der Waals surface area (Å²) in [6, 6.07) is 10.2. The van der Waals surface area contributed by atoms with Crippen molar-refractivity contribution in [3.05, 3.63) is 42.1 Å². The molecule has 3 saturated carbocycles. The van der Waals surface area contributed by atoms with E-state index >= 15 is 0 Å². The lowest BCUT2D eigenvalue weighted by atomic mass is 9.89. The number of alkyl halides is 2. The molecule has 3 N–H and O–H groups in total. The van der Waals surface area contributed by atoms with E-state index in [2.05, 4.69) is 32.5 Å². The topological polar surface area (TPSA) is 72.9 Å². The Balaban J connectivity index is 1.33. The zero-order valence-corrected chi connectivity index (χ0v) is 18.5. The van der Waals surface area contributed by atoms with Gasteiger partial charge in [0.2, 0.25) is 0 Å². The highest BCUT2D eigenvalue weighted by molar-refractivity contribution is 7.83. The SMILES string of the molecule is Nc1c(-c2ccc(S(=O)NC3CC(F)(F)C3)cn2)n(C2CCC2)c2cc(C3CC3)ccc12. The molecule has 3 fully saturated rings. The minimum atomic E-state index is -2.64. The molecule has 0 spiro atoms. The van der Waals surface area contributed by atoms with E-state index in [4.69, 9.17) is 5.73 Å². The fraction of sp³-hybridized carbons (Fsp3) is 0.458. The van der Waals surface area contributed by atoms with Crippen LogP contribution in [-0.4, -0.2) is 25.7 Å². The van der Waals surface area contributed by atoms with Crippen molar-refractivity contribution in [2.75, 3.05) is 5.73 Å². The second-order valence-electron chi connectivity index (χ2n) is 9.49. The highest BCUT2D eigenvalue weighted by Gasteiger charge is 2.45. The summed E-state index contributed by atoms with van der Waals surface area (Å²) in [5.74, 6) is -1.97. The number of hydrogen-bond donors (Lipinski definition) is 2. The van der Waals surface area contributed by atoms with Gasteiger partial charge in [-0.05, 0) is 61.8 Å². The van der Waals surface area contributed by atoms with Crippen LogP contribution in [-0.2, 0) is 11.0 Å². The van der Waals surface area contributed by atoms with Crippen LogP contribution in [0.3, 0.4) is 0 Å². The molecule has 1 aromatic carbocycles. The fourth-order valence-corrected chi connectivity index (χ4v) is 5.85. The van der Waals surface area contributed by atoms with Crippen molar-refractivity contribution in [1.82, 2.24) is 14.3 Å². The smallest absolute Gasteiger partial charge is 0.251 e. The Morgan fingerprint density at radius 1 is 1.12 bits per heavy atom. The summed E-state index contributed by atoms with van der Waals surface area (Å²) < 4.78 is 43.8. The van der Waals surface area contributed by atoms with Gasteiger partial charge in [0, 0.05) is 36.5 Å². The summed E-state index contributed by atoms with van der Waals surface area (Å²) in [6.07, 6.45) is 6.99. The molecule has 3 aromatic rings. The first kappa shape index (κ1) is 20.3.